The van der Waals surface area contributed by atoms with Gasteiger partial charge in [-0.25, -0.2) is 9.59 Å². The monoisotopic (exact) mass is 430 g/mol. The van der Waals surface area contributed by atoms with Crippen LogP contribution in [0, 0.1) is 13.8 Å². The Balaban J connectivity index is 1.68. The summed E-state index contributed by atoms with van der Waals surface area (Å²) >= 11 is 0. The van der Waals surface area contributed by atoms with Gasteiger partial charge in [0.15, 0.2) is 23.9 Å². The predicted molar refractivity (Wildman–Crippen MR) is 108 cm³/mol. The van der Waals surface area contributed by atoms with Crippen LogP contribution in [-0.4, -0.2) is 48.6 Å². The Morgan fingerprint density at radius 1 is 1.06 bits per heavy atom. The topological polar surface area (TPSA) is 133 Å². The first-order chi connectivity index (χ1) is 14.7. The van der Waals surface area contributed by atoms with E-state index in [-0.39, 0.29) is 41.7 Å². The average Bonchev–Trinajstić information content (AvgIpc) is 3.28. The molecule has 1 aromatic heterocycles. The standard InChI is InChI=1S/C21H22N2O8/c1-5-28-20(26)18-10(2)19(22-11(18)3)21(27)29-8-17(25)23-14-7-16-15(30-9-31-16)6-13(14)12(4)24/h6-7,22H,5,8-9H2,1-4H3,(H,23,25). The molecule has 31 heavy (non-hydrogen) atoms. The van der Waals surface area contributed by atoms with Crippen LogP contribution in [0.4, 0.5) is 5.69 Å². The van der Waals surface area contributed by atoms with Crippen molar-refractivity contribution in [1.82, 2.24) is 4.98 Å². The van der Waals surface area contributed by atoms with Gasteiger partial charge in [-0.3, -0.25) is 9.59 Å². The molecule has 1 aromatic carbocycles. The van der Waals surface area contributed by atoms with Crippen LogP contribution in [0.5, 0.6) is 11.5 Å². The third-order valence-corrected chi connectivity index (χ3v) is 4.62. The molecule has 0 spiro atoms. The van der Waals surface area contributed by atoms with Crippen LogP contribution in [0.1, 0.15) is 56.3 Å². The Hall–Kier alpha value is -3.82. The van der Waals surface area contributed by atoms with Crippen molar-refractivity contribution in [2.75, 3.05) is 25.3 Å². The number of carbonyl (C=O) groups excluding carboxylic acids is 4. The highest BCUT2D eigenvalue weighted by Crippen LogP contribution is 2.37. The number of rotatable bonds is 7. The van der Waals surface area contributed by atoms with E-state index in [9.17, 15) is 19.2 Å². The molecule has 10 nitrogen and oxygen atoms in total. The lowest BCUT2D eigenvalue weighted by atomic mass is 10.1. The van der Waals surface area contributed by atoms with Crippen molar-refractivity contribution in [3.63, 3.8) is 0 Å². The number of anilines is 1. The Morgan fingerprint density at radius 2 is 1.74 bits per heavy atom. The zero-order chi connectivity index (χ0) is 22.7. The van der Waals surface area contributed by atoms with Crippen molar-refractivity contribution in [3.05, 3.63) is 40.2 Å². The number of ether oxygens (including phenoxy) is 4. The van der Waals surface area contributed by atoms with E-state index in [0.29, 0.717) is 22.8 Å². The van der Waals surface area contributed by atoms with Gasteiger partial charge < -0.3 is 29.2 Å². The summed E-state index contributed by atoms with van der Waals surface area (Å²) in [6, 6.07) is 2.96. The number of carbonyl (C=O) groups is 4. The molecule has 0 saturated carbocycles. The Kier molecular flexibility index (Phi) is 6.28. The van der Waals surface area contributed by atoms with Crippen molar-refractivity contribution in [1.29, 1.82) is 0 Å². The molecule has 2 aromatic rings. The molecule has 0 unspecified atom stereocenters. The number of amides is 1. The van der Waals surface area contributed by atoms with Crippen LogP contribution in [-0.2, 0) is 14.3 Å². The lowest BCUT2D eigenvalue weighted by molar-refractivity contribution is -0.119. The van der Waals surface area contributed by atoms with Gasteiger partial charge >= 0.3 is 11.9 Å². The van der Waals surface area contributed by atoms with Crippen molar-refractivity contribution in [2.45, 2.75) is 27.7 Å². The van der Waals surface area contributed by atoms with E-state index in [1.165, 1.54) is 19.1 Å². The van der Waals surface area contributed by atoms with Gasteiger partial charge in [0.25, 0.3) is 5.91 Å². The first-order valence-corrected chi connectivity index (χ1v) is 9.50. The van der Waals surface area contributed by atoms with Crippen LogP contribution in [0.3, 0.4) is 0 Å². The molecule has 0 fully saturated rings. The summed E-state index contributed by atoms with van der Waals surface area (Å²) in [5.41, 5.74) is 1.59. The second kappa shape index (κ2) is 8.90. The molecule has 1 amide bonds. The normalized spacial score (nSPS) is 11.7. The first kappa shape index (κ1) is 21.9. The van der Waals surface area contributed by atoms with E-state index in [4.69, 9.17) is 18.9 Å². The molecule has 0 aliphatic carbocycles. The van der Waals surface area contributed by atoms with Gasteiger partial charge in [-0.05, 0) is 39.3 Å². The zero-order valence-electron chi connectivity index (χ0n) is 17.5. The zero-order valence-corrected chi connectivity index (χ0v) is 17.5. The third kappa shape index (κ3) is 4.52. The van der Waals surface area contributed by atoms with E-state index < -0.39 is 24.5 Å². The van der Waals surface area contributed by atoms with E-state index in [1.54, 1.807) is 20.8 Å². The fourth-order valence-corrected chi connectivity index (χ4v) is 3.19. The number of aromatic amines is 1. The number of esters is 2. The number of benzene rings is 1. The van der Waals surface area contributed by atoms with Crippen LogP contribution in [0.25, 0.3) is 0 Å². The molecular formula is C21H22N2O8. The molecule has 0 bridgehead atoms. The minimum absolute atomic E-state index is 0.0182. The van der Waals surface area contributed by atoms with E-state index >= 15 is 0 Å². The largest absolute Gasteiger partial charge is 0.462 e. The molecule has 2 N–H and O–H groups in total. The number of ketones is 1. The van der Waals surface area contributed by atoms with Crippen LogP contribution in [0.2, 0.25) is 0 Å². The van der Waals surface area contributed by atoms with Gasteiger partial charge in [-0.1, -0.05) is 0 Å². The van der Waals surface area contributed by atoms with Gasteiger partial charge in [0.2, 0.25) is 6.79 Å². The second-order valence-electron chi connectivity index (χ2n) is 6.78. The highest BCUT2D eigenvalue weighted by Gasteiger charge is 2.25. The summed E-state index contributed by atoms with van der Waals surface area (Å²) in [5, 5.41) is 2.54. The van der Waals surface area contributed by atoms with Gasteiger partial charge in [0.05, 0.1) is 17.9 Å². The molecule has 0 radical (unpaired) electrons. The van der Waals surface area contributed by atoms with Gasteiger partial charge in [0, 0.05) is 17.3 Å². The lowest BCUT2D eigenvalue weighted by Crippen LogP contribution is -2.22. The second-order valence-corrected chi connectivity index (χ2v) is 6.78. The molecule has 164 valence electrons. The van der Waals surface area contributed by atoms with Gasteiger partial charge in [-0.15, -0.1) is 0 Å². The third-order valence-electron chi connectivity index (χ3n) is 4.62. The summed E-state index contributed by atoms with van der Waals surface area (Å²) in [6.07, 6.45) is 0. The number of aryl methyl sites for hydroxylation is 1. The highest BCUT2D eigenvalue weighted by atomic mass is 16.7. The molecule has 10 heteroatoms. The maximum atomic E-state index is 12.4. The SMILES string of the molecule is CCOC(=O)c1c(C)[nH]c(C(=O)OCC(=O)Nc2cc3c(cc2C(C)=O)OCO3)c1C. The number of aromatic nitrogens is 1. The predicted octanol–water partition coefficient (Wildman–Crippen LogP) is 2.54. The number of fused-ring (bicyclic) bond motifs is 1. The van der Waals surface area contributed by atoms with Crippen LogP contribution < -0.4 is 14.8 Å². The van der Waals surface area contributed by atoms with Crippen LogP contribution in [0.15, 0.2) is 12.1 Å². The Bertz CT molecular complexity index is 1070. The average molecular weight is 430 g/mol. The summed E-state index contributed by atoms with van der Waals surface area (Å²) < 4.78 is 20.6. The Labute approximate surface area is 177 Å². The summed E-state index contributed by atoms with van der Waals surface area (Å²) in [6.45, 7) is 5.86. The lowest BCUT2D eigenvalue weighted by Gasteiger charge is -2.11. The van der Waals surface area contributed by atoms with Crippen LogP contribution >= 0.6 is 0 Å². The minimum atomic E-state index is -0.802. The number of nitrogens with one attached hydrogen (secondary N) is 2. The fourth-order valence-electron chi connectivity index (χ4n) is 3.19. The minimum Gasteiger partial charge on any atom is -0.462 e. The maximum Gasteiger partial charge on any atom is 0.355 e. The molecule has 1 aliphatic heterocycles. The molecule has 3 rings (SSSR count). The van der Waals surface area contributed by atoms with Gasteiger partial charge in [-0.2, -0.15) is 0 Å². The number of hydrogen-bond acceptors (Lipinski definition) is 8. The number of Topliss-reactive ketones (excluding diaryl/α,β-unsaturated/α-hetero) is 1. The van der Waals surface area contributed by atoms with Crippen molar-refractivity contribution in [2.24, 2.45) is 0 Å². The number of hydrogen-bond donors (Lipinski definition) is 2. The molecule has 0 saturated heterocycles. The van der Waals surface area contributed by atoms with Gasteiger partial charge in [0.1, 0.15) is 5.69 Å². The highest BCUT2D eigenvalue weighted by molar-refractivity contribution is 6.05. The molecule has 0 atom stereocenters. The smallest absolute Gasteiger partial charge is 0.355 e. The van der Waals surface area contributed by atoms with Crippen molar-refractivity contribution >= 4 is 29.3 Å². The maximum absolute atomic E-state index is 12.4. The summed E-state index contributed by atoms with van der Waals surface area (Å²) in [5.74, 6) is -1.49. The first-order valence-electron chi connectivity index (χ1n) is 9.50. The van der Waals surface area contributed by atoms with Crippen molar-refractivity contribution in [3.8, 4) is 11.5 Å². The summed E-state index contributed by atoms with van der Waals surface area (Å²) in [4.78, 5) is 51.5. The Morgan fingerprint density at radius 3 is 2.39 bits per heavy atom. The van der Waals surface area contributed by atoms with Crippen molar-refractivity contribution < 1.29 is 38.1 Å². The number of H-pyrrole nitrogens is 1. The fraction of sp³-hybridized carbons (Fsp3) is 0.333. The molecule has 2 heterocycles. The van der Waals surface area contributed by atoms with E-state index in [2.05, 4.69) is 10.3 Å². The summed E-state index contributed by atoms with van der Waals surface area (Å²) in [7, 11) is 0. The molecule has 1 aliphatic rings. The van der Waals surface area contributed by atoms with E-state index in [0.717, 1.165) is 0 Å². The van der Waals surface area contributed by atoms with E-state index in [1.807, 2.05) is 0 Å². The quantitative estimate of drug-likeness (QED) is 0.506. The molecular weight excluding hydrogens is 408 g/mol.